The van der Waals surface area contributed by atoms with Gasteiger partial charge in [0.1, 0.15) is 5.75 Å². The van der Waals surface area contributed by atoms with E-state index in [1.807, 2.05) is 31.3 Å². The quantitative estimate of drug-likeness (QED) is 0.778. The van der Waals surface area contributed by atoms with Gasteiger partial charge < -0.3 is 15.0 Å². The van der Waals surface area contributed by atoms with Gasteiger partial charge in [-0.1, -0.05) is 11.6 Å². The van der Waals surface area contributed by atoms with Gasteiger partial charge in [0.15, 0.2) is 0 Å². The van der Waals surface area contributed by atoms with Gasteiger partial charge in [-0.25, -0.2) is 0 Å². The van der Waals surface area contributed by atoms with Crippen LogP contribution in [0, 0.1) is 5.92 Å². The van der Waals surface area contributed by atoms with E-state index in [4.69, 9.17) is 16.3 Å². The fourth-order valence-corrected chi connectivity index (χ4v) is 2.71. The minimum atomic E-state index is 0.750. The van der Waals surface area contributed by atoms with Crippen molar-refractivity contribution in [2.24, 2.45) is 5.92 Å². The Balaban J connectivity index is 1.58. The first-order chi connectivity index (χ1) is 9.28. The van der Waals surface area contributed by atoms with Crippen molar-refractivity contribution in [1.82, 2.24) is 10.2 Å². The van der Waals surface area contributed by atoms with Crippen LogP contribution in [-0.4, -0.2) is 44.7 Å². The van der Waals surface area contributed by atoms with Gasteiger partial charge in [0.25, 0.3) is 0 Å². The number of nitrogens with one attached hydrogen (secondary N) is 1. The fraction of sp³-hybridized carbons (Fsp3) is 0.600. The molecule has 0 amide bonds. The predicted molar refractivity (Wildman–Crippen MR) is 80.0 cm³/mol. The molecule has 4 heteroatoms. The molecule has 3 nitrogen and oxygen atoms in total. The molecular weight excluding hydrogens is 260 g/mol. The summed E-state index contributed by atoms with van der Waals surface area (Å²) in [5.41, 5.74) is 0. The first-order valence-corrected chi connectivity index (χ1v) is 7.41. The number of benzene rings is 1. The van der Waals surface area contributed by atoms with E-state index in [0.717, 1.165) is 42.8 Å². The summed E-state index contributed by atoms with van der Waals surface area (Å²) >= 11 is 5.83. The third-order valence-electron chi connectivity index (χ3n) is 3.56. The maximum atomic E-state index is 5.83. The van der Waals surface area contributed by atoms with Crippen molar-refractivity contribution in [2.75, 3.05) is 39.8 Å². The molecule has 0 bridgehead atoms. The zero-order chi connectivity index (χ0) is 13.5. The van der Waals surface area contributed by atoms with Crippen LogP contribution in [0.25, 0.3) is 0 Å². The molecule has 0 radical (unpaired) electrons. The number of halogens is 1. The molecule has 19 heavy (non-hydrogen) atoms. The number of nitrogens with zero attached hydrogens (tertiary/aromatic N) is 1. The molecule has 1 unspecified atom stereocenters. The second kappa shape index (κ2) is 7.73. The highest BCUT2D eigenvalue weighted by atomic mass is 35.5. The third kappa shape index (κ3) is 5.01. The zero-order valence-electron chi connectivity index (χ0n) is 11.6. The van der Waals surface area contributed by atoms with Gasteiger partial charge in [0.2, 0.25) is 0 Å². The molecule has 0 aromatic heterocycles. The normalized spacial score (nSPS) is 19.8. The van der Waals surface area contributed by atoms with Crippen LogP contribution in [0.15, 0.2) is 24.3 Å². The molecule has 2 rings (SSSR count). The molecule has 0 spiro atoms. The Morgan fingerprint density at radius 3 is 2.89 bits per heavy atom. The average molecular weight is 283 g/mol. The molecule has 1 aromatic carbocycles. The highest BCUT2D eigenvalue weighted by Gasteiger charge is 2.20. The molecule has 1 aromatic rings. The predicted octanol–water partition coefficient (Wildman–Crippen LogP) is 2.65. The van der Waals surface area contributed by atoms with Crippen molar-refractivity contribution >= 4 is 11.6 Å². The lowest BCUT2D eigenvalue weighted by atomic mass is 10.1. The Kier molecular flexibility index (Phi) is 5.95. The van der Waals surface area contributed by atoms with Crippen LogP contribution in [0.4, 0.5) is 0 Å². The lowest BCUT2D eigenvalue weighted by molar-refractivity contribution is 0.258. The Morgan fingerprint density at radius 2 is 2.16 bits per heavy atom. The molecule has 1 atom stereocenters. The van der Waals surface area contributed by atoms with E-state index in [-0.39, 0.29) is 0 Å². The Morgan fingerprint density at radius 1 is 1.37 bits per heavy atom. The van der Waals surface area contributed by atoms with Crippen molar-refractivity contribution in [3.05, 3.63) is 29.3 Å². The van der Waals surface area contributed by atoms with E-state index < -0.39 is 0 Å². The molecule has 1 aliphatic rings. The van der Waals surface area contributed by atoms with Crippen molar-refractivity contribution in [1.29, 1.82) is 0 Å². The van der Waals surface area contributed by atoms with Crippen LogP contribution in [-0.2, 0) is 0 Å². The smallest absolute Gasteiger partial charge is 0.119 e. The van der Waals surface area contributed by atoms with Crippen LogP contribution < -0.4 is 10.1 Å². The first kappa shape index (κ1) is 14.6. The number of likely N-dealkylation sites (tertiary alicyclic amines) is 1. The summed E-state index contributed by atoms with van der Waals surface area (Å²) < 4.78 is 5.70. The second-order valence-electron chi connectivity index (χ2n) is 5.17. The largest absolute Gasteiger partial charge is 0.494 e. The molecule has 0 aliphatic carbocycles. The SMILES string of the molecule is CNCC1CCN(CCCOc2ccc(Cl)cc2)C1. The molecular formula is C15H23ClN2O. The monoisotopic (exact) mass is 282 g/mol. The van der Waals surface area contributed by atoms with E-state index in [1.54, 1.807) is 0 Å². The van der Waals surface area contributed by atoms with Crippen molar-refractivity contribution in [3.63, 3.8) is 0 Å². The summed E-state index contributed by atoms with van der Waals surface area (Å²) in [7, 11) is 2.03. The first-order valence-electron chi connectivity index (χ1n) is 7.03. The molecule has 1 fully saturated rings. The van der Waals surface area contributed by atoms with Gasteiger partial charge in [0.05, 0.1) is 6.61 Å². The van der Waals surface area contributed by atoms with Gasteiger partial charge in [-0.3, -0.25) is 0 Å². The molecule has 1 N–H and O–H groups in total. The van der Waals surface area contributed by atoms with E-state index in [2.05, 4.69) is 10.2 Å². The van der Waals surface area contributed by atoms with Crippen LogP contribution in [0.5, 0.6) is 5.75 Å². The highest BCUT2D eigenvalue weighted by Crippen LogP contribution is 2.17. The Hall–Kier alpha value is -0.770. The van der Waals surface area contributed by atoms with Gasteiger partial charge in [-0.15, -0.1) is 0 Å². The summed E-state index contributed by atoms with van der Waals surface area (Å²) in [4.78, 5) is 2.53. The van der Waals surface area contributed by atoms with Crippen molar-refractivity contribution in [2.45, 2.75) is 12.8 Å². The maximum absolute atomic E-state index is 5.83. The van der Waals surface area contributed by atoms with Crippen molar-refractivity contribution in [3.8, 4) is 5.75 Å². The lowest BCUT2D eigenvalue weighted by Crippen LogP contribution is -2.26. The van der Waals surface area contributed by atoms with Crippen LogP contribution >= 0.6 is 11.6 Å². The Labute approximate surface area is 120 Å². The molecule has 106 valence electrons. The van der Waals surface area contributed by atoms with Crippen molar-refractivity contribution < 1.29 is 4.74 Å². The lowest BCUT2D eigenvalue weighted by Gasteiger charge is -2.16. The van der Waals surface area contributed by atoms with E-state index in [1.165, 1.54) is 19.5 Å². The Bertz CT molecular complexity index is 369. The van der Waals surface area contributed by atoms with Gasteiger partial charge in [0, 0.05) is 18.1 Å². The van der Waals surface area contributed by atoms with Gasteiger partial charge >= 0.3 is 0 Å². The summed E-state index contributed by atoms with van der Waals surface area (Å²) in [6.07, 6.45) is 2.40. The molecule has 0 saturated carbocycles. The minimum absolute atomic E-state index is 0.750. The summed E-state index contributed by atoms with van der Waals surface area (Å²) in [6.45, 7) is 5.50. The second-order valence-corrected chi connectivity index (χ2v) is 5.61. The molecule has 1 heterocycles. The fourth-order valence-electron chi connectivity index (χ4n) is 2.58. The zero-order valence-corrected chi connectivity index (χ0v) is 12.3. The average Bonchev–Trinajstić information content (AvgIpc) is 2.85. The number of ether oxygens (including phenoxy) is 1. The van der Waals surface area contributed by atoms with Crippen LogP contribution in [0.1, 0.15) is 12.8 Å². The minimum Gasteiger partial charge on any atom is -0.494 e. The maximum Gasteiger partial charge on any atom is 0.119 e. The number of rotatable bonds is 7. The molecule has 1 aliphatic heterocycles. The number of hydrogen-bond donors (Lipinski definition) is 1. The highest BCUT2D eigenvalue weighted by molar-refractivity contribution is 6.30. The standard InChI is InChI=1S/C15H23ClN2O/c1-17-11-13-7-9-18(12-13)8-2-10-19-15-5-3-14(16)4-6-15/h3-6,13,17H,2,7-12H2,1H3. The third-order valence-corrected chi connectivity index (χ3v) is 3.82. The van der Waals surface area contributed by atoms with Crippen LogP contribution in [0.3, 0.4) is 0 Å². The van der Waals surface area contributed by atoms with E-state index >= 15 is 0 Å². The summed E-state index contributed by atoms with van der Waals surface area (Å²) in [5.74, 6) is 1.72. The van der Waals surface area contributed by atoms with E-state index in [0.29, 0.717) is 0 Å². The molecule has 1 saturated heterocycles. The topological polar surface area (TPSA) is 24.5 Å². The van der Waals surface area contributed by atoms with Crippen LogP contribution in [0.2, 0.25) is 5.02 Å². The van der Waals surface area contributed by atoms with Gasteiger partial charge in [-0.05, 0) is 63.2 Å². The van der Waals surface area contributed by atoms with Gasteiger partial charge in [-0.2, -0.15) is 0 Å². The summed E-state index contributed by atoms with van der Waals surface area (Å²) in [5, 5.41) is 4.01. The summed E-state index contributed by atoms with van der Waals surface area (Å²) in [6, 6.07) is 7.56. The van der Waals surface area contributed by atoms with E-state index in [9.17, 15) is 0 Å². The number of hydrogen-bond acceptors (Lipinski definition) is 3.